The molecule has 414 valence electrons. The van der Waals surface area contributed by atoms with Crippen molar-refractivity contribution in [1.29, 1.82) is 0 Å². The predicted octanol–water partition coefficient (Wildman–Crippen LogP) is 20.7. The topological polar surface area (TPSA) is 78.9 Å². The summed E-state index contributed by atoms with van der Waals surface area (Å²) in [6.07, 6.45) is 79.2. The summed E-state index contributed by atoms with van der Waals surface area (Å²) >= 11 is 0. The summed E-state index contributed by atoms with van der Waals surface area (Å²) in [4.78, 5) is 37.8. The summed E-state index contributed by atoms with van der Waals surface area (Å²) < 4.78 is 16.7. The van der Waals surface area contributed by atoms with Crippen LogP contribution in [0.4, 0.5) is 0 Å². The molecule has 0 aromatic heterocycles. The molecular weight excluding hydrogens is 889 g/mol. The van der Waals surface area contributed by atoms with E-state index in [1.807, 2.05) is 0 Å². The number of carbonyl (C=O) groups excluding carboxylic acids is 3. The van der Waals surface area contributed by atoms with Crippen LogP contribution in [0, 0.1) is 0 Å². The lowest BCUT2D eigenvalue weighted by atomic mass is 10.0. The standard InChI is InChI=1S/C66H114O6/c1-4-7-10-13-16-18-20-22-23-24-25-26-27-28-29-30-31-32-33-34-35-36-37-38-39-40-41-42-43-45-46-48-50-53-56-59-65(68)71-62-63(61-70-64(67)58-55-52-15-12-9-6-3)72-66(69)60-57-54-51-49-47-44-21-19-17-14-11-8-5-2/h7,10,16,18-19,21-23,25-26,28-29,31-32,63H,4-6,8-9,11-15,17,20,24,27,30,33-62H2,1-3H3/b10-7-,18-16-,21-19-,23-22-,26-25-,29-28-,32-31-. The molecule has 0 aliphatic heterocycles. The second kappa shape index (κ2) is 60.1. The number of hydrogen-bond donors (Lipinski definition) is 0. The van der Waals surface area contributed by atoms with Crippen LogP contribution in [0.15, 0.2) is 85.1 Å². The van der Waals surface area contributed by atoms with E-state index >= 15 is 0 Å². The Kier molecular flexibility index (Phi) is 57.3. The minimum Gasteiger partial charge on any atom is -0.462 e. The van der Waals surface area contributed by atoms with E-state index in [2.05, 4.69) is 106 Å². The fourth-order valence-electron chi connectivity index (χ4n) is 8.56. The van der Waals surface area contributed by atoms with Gasteiger partial charge in [0.25, 0.3) is 0 Å². The van der Waals surface area contributed by atoms with E-state index in [0.717, 1.165) is 109 Å². The molecule has 0 aliphatic rings. The van der Waals surface area contributed by atoms with Crippen LogP contribution in [0.1, 0.15) is 297 Å². The van der Waals surface area contributed by atoms with Crippen molar-refractivity contribution in [3.8, 4) is 0 Å². The van der Waals surface area contributed by atoms with E-state index in [1.54, 1.807) is 0 Å². The lowest BCUT2D eigenvalue weighted by molar-refractivity contribution is -0.167. The van der Waals surface area contributed by atoms with E-state index in [4.69, 9.17) is 14.2 Å². The van der Waals surface area contributed by atoms with E-state index in [0.29, 0.717) is 19.3 Å². The van der Waals surface area contributed by atoms with E-state index in [-0.39, 0.29) is 31.1 Å². The number of carbonyl (C=O) groups is 3. The number of unbranched alkanes of at least 4 members (excludes halogenated alkanes) is 30. The summed E-state index contributed by atoms with van der Waals surface area (Å²) in [5.74, 6) is -0.887. The van der Waals surface area contributed by atoms with Gasteiger partial charge in [0.15, 0.2) is 6.10 Å². The number of rotatable bonds is 55. The minimum absolute atomic E-state index is 0.0761. The maximum Gasteiger partial charge on any atom is 0.306 e. The van der Waals surface area contributed by atoms with Crippen LogP contribution in [0.2, 0.25) is 0 Å². The van der Waals surface area contributed by atoms with Crippen molar-refractivity contribution in [3.63, 3.8) is 0 Å². The first-order valence-corrected chi connectivity index (χ1v) is 30.6. The maximum atomic E-state index is 12.8. The molecule has 0 N–H and O–H groups in total. The minimum atomic E-state index is -0.774. The third-order valence-electron chi connectivity index (χ3n) is 13.1. The van der Waals surface area contributed by atoms with Gasteiger partial charge in [0, 0.05) is 19.3 Å². The van der Waals surface area contributed by atoms with Crippen LogP contribution >= 0.6 is 0 Å². The molecule has 1 atom stereocenters. The van der Waals surface area contributed by atoms with Crippen LogP contribution in [-0.4, -0.2) is 37.2 Å². The first-order chi connectivity index (χ1) is 35.5. The SMILES string of the molecule is CC/C=C\C/C=C\C/C=C\C/C=C\C/C=C\C/C=C\CCCCCCCCCCCCCCCCCCC(=O)OCC(COC(=O)CCCCCCCC)OC(=O)CCCCCCC/C=C\CCCCCC. The summed E-state index contributed by atoms with van der Waals surface area (Å²) in [6.45, 7) is 6.46. The molecule has 0 saturated carbocycles. The highest BCUT2D eigenvalue weighted by Gasteiger charge is 2.19. The Balaban J connectivity index is 3.95. The number of hydrogen-bond acceptors (Lipinski definition) is 6. The van der Waals surface area contributed by atoms with Crippen molar-refractivity contribution >= 4 is 17.9 Å². The van der Waals surface area contributed by atoms with Crippen molar-refractivity contribution in [2.24, 2.45) is 0 Å². The molecule has 1 unspecified atom stereocenters. The van der Waals surface area contributed by atoms with Crippen molar-refractivity contribution in [2.45, 2.75) is 303 Å². The summed E-state index contributed by atoms with van der Waals surface area (Å²) in [5.41, 5.74) is 0. The lowest BCUT2D eigenvalue weighted by Crippen LogP contribution is -2.30. The largest absolute Gasteiger partial charge is 0.462 e. The van der Waals surface area contributed by atoms with Gasteiger partial charge in [0.2, 0.25) is 0 Å². The Labute approximate surface area is 445 Å². The van der Waals surface area contributed by atoms with Crippen LogP contribution in [0.25, 0.3) is 0 Å². The Morgan fingerprint density at radius 1 is 0.292 bits per heavy atom. The number of allylic oxidation sites excluding steroid dienone is 14. The highest BCUT2D eigenvalue weighted by atomic mass is 16.6. The third-order valence-corrected chi connectivity index (χ3v) is 13.1. The first kappa shape index (κ1) is 68.6. The zero-order valence-corrected chi connectivity index (χ0v) is 47.4. The molecule has 0 aliphatic carbocycles. The Morgan fingerprint density at radius 3 is 0.875 bits per heavy atom. The normalized spacial score (nSPS) is 12.7. The monoisotopic (exact) mass is 1000 g/mol. The molecule has 0 rings (SSSR count). The maximum absolute atomic E-state index is 12.8. The van der Waals surface area contributed by atoms with Crippen molar-refractivity contribution in [3.05, 3.63) is 85.1 Å². The third kappa shape index (κ3) is 57.5. The quantitative estimate of drug-likeness (QED) is 0.0261. The zero-order valence-electron chi connectivity index (χ0n) is 47.4. The number of esters is 3. The van der Waals surface area contributed by atoms with E-state index in [9.17, 15) is 14.4 Å². The molecule has 0 aromatic carbocycles. The second-order valence-electron chi connectivity index (χ2n) is 20.2. The highest BCUT2D eigenvalue weighted by Crippen LogP contribution is 2.16. The van der Waals surface area contributed by atoms with Crippen molar-refractivity contribution in [2.75, 3.05) is 13.2 Å². The van der Waals surface area contributed by atoms with Gasteiger partial charge in [-0.2, -0.15) is 0 Å². The van der Waals surface area contributed by atoms with Gasteiger partial charge in [-0.15, -0.1) is 0 Å². The molecule has 6 nitrogen and oxygen atoms in total. The van der Waals surface area contributed by atoms with Crippen LogP contribution in [0.3, 0.4) is 0 Å². The molecule has 6 heteroatoms. The summed E-state index contributed by atoms with van der Waals surface area (Å²) in [5, 5.41) is 0. The predicted molar refractivity (Wildman–Crippen MR) is 311 cm³/mol. The molecule has 0 bridgehead atoms. The van der Waals surface area contributed by atoms with Crippen LogP contribution < -0.4 is 0 Å². The zero-order chi connectivity index (χ0) is 52.2. The molecule has 0 saturated heterocycles. The smallest absolute Gasteiger partial charge is 0.306 e. The second-order valence-corrected chi connectivity index (χ2v) is 20.2. The van der Waals surface area contributed by atoms with Crippen LogP contribution in [-0.2, 0) is 28.6 Å². The highest BCUT2D eigenvalue weighted by molar-refractivity contribution is 5.71. The van der Waals surface area contributed by atoms with Gasteiger partial charge in [-0.05, 0) is 96.3 Å². The first-order valence-electron chi connectivity index (χ1n) is 30.6. The van der Waals surface area contributed by atoms with Gasteiger partial charge in [-0.25, -0.2) is 0 Å². The Morgan fingerprint density at radius 2 is 0.542 bits per heavy atom. The van der Waals surface area contributed by atoms with E-state index < -0.39 is 6.10 Å². The van der Waals surface area contributed by atoms with Gasteiger partial charge in [0.1, 0.15) is 13.2 Å². The van der Waals surface area contributed by atoms with Gasteiger partial charge < -0.3 is 14.2 Å². The van der Waals surface area contributed by atoms with Gasteiger partial charge in [-0.3, -0.25) is 14.4 Å². The molecule has 0 fully saturated rings. The van der Waals surface area contributed by atoms with E-state index in [1.165, 1.54) is 148 Å². The van der Waals surface area contributed by atoms with Gasteiger partial charge in [0.05, 0.1) is 0 Å². The number of ether oxygens (including phenoxy) is 3. The van der Waals surface area contributed by atoms with Crippen molar-refractivity contribution < 1.29 is 28.6 Å². The molecular formula is C66H114O6. The molecule has 0 spiro atoms. The van der Waals surface area contributed by atoms with Crippen LogP contribution in [0.5, 0.6) is 0 Å². The Hall–Kier alpha value is -3.41. The molecule has 0 amide bonds. The molecule has 0 radical (unpaired) electrons. The summed E-state index contributed by atoms with van der Waals surface area (Å²) in [6, 6.07) is 0. The molecule has 72 heavy (non-hydrogen) atoms. The average Bonchev–Trinajstić information content (AvgIpc) is 3.38. The van der Waals surface area contributed by atoms with Gasteiger partial charge in [-0.1, -0.05) is 266 Å². The lowest BCUT2D eigenvalue weighted by Gasteiger charge is -2.18. The Bertz CT molecular complexity index is 1380. The summed E-state index contributed by atoms with van der Waals surface area (Å²) in [7, 11) is 0. The van der Waals surface area contributed by atoms with Gasteiger partial charge >= 0.3 is 17.9 Å². The average molecular weight is 1000 g/mol. The fourth-order valence-corrected chi connectivity index (χ4v) is 8.56. The fraction of sp³-hybridized carbons (Fsp3) is 0.742. The van der Waals surface area contributed by atoms with Crippen molar-refractivity contribution in [1.82, 2.24) is 0 Å². The molecule has 0 heterocycles. The molecule has 0 aromatic rings.